The zero-order valence-corrected chi connectivity index (χ0v) is 13.6. The number of hydrogen-bond acceptors (Lipinski definition) is 2. The maximum atomic E-state index is 12.5. The molecule has 1 aromatic rings. The van der Waals surface area contributed by atoms with E-state index in [9.17, 15) is 4.79 Å². The van der Waals surface area contributed by atoms with E-state index in [0.29, 0.717) is 6.54 Å². The topological polar surface area (TPSA) is 46.3 Å². The predicted molar refractivity (Wildman–Crippen MR) is 87.3 cm³/mol. The van der Waals surface area contributed by atoms with Crippen molar-refractivity contribution in [1.29, 1.82) is 0 Å². The Hall–Kier alpha value is -1.06. The molecule has 2 N–H and O–H groups in total. The molecule has 0 spiro atoms. The van der Waals surface area contributed by atoms with Gasteiger partial charge in [0.25, 0.3) is 5.91 Å². The van der Waals surface area contributed by atoms with E-state index in [-0.39, 0.29) is 24.4 Å². The predicted octanol–water partition coefficient (Wildman–Crippen LogP) is 3.61. The summed E-state index contributed by atoms with van der Waals surface area (Å²) in [7, 11) is 0. The van der Waals surface area contributed by atoms with Crippen molar-refractivity contribution in [2.24, 2.45) is 5.73 Å². The van der Waals surface area contributed by atoms with Crippen LogP contribution >= 0.6 is 12.4 Å². The van der Waals surface area contributed by atoms with E-state index in [0.717, 1.165) is 24.1 Å². The Labute approximate surface area is 128 Å². The average Bonchev–Trinajstić information content (AvgIpc) is 2.42. The van der Waals surface area contributed by atoms with Crippen LogP contribution in [0, 0.1) is 0 Å². The minimum Gasteiger partial charge on any atom is -0.336 e. The standard InChI is InChI=1S/C16H26N2O.ClH/c1-4-5-6-11-18(13(2)3)16(19)15-9-7-14(12-17)8-10-15;/h7-10,13H,4-6,11-12,17H2,1-3H3;1H. The highest BCUT2D eigenvalue weighted by molar-refractivity contribution is 5.94. The molecule has 0 heterocycles. The minimum atomic E-state index is 0. The first kappa shape index (κ1) is 18.9. The second kappa shape index (κ2) is 9.78. The monoisotopic (exact) mass is 298 g/mol. The first-order chi connectivity index (χ1) is 9.10. The van der Waals surface area contributed by atoms with Crippen LogP contribution in [0.25, 0.3) is 0 Å². The molecule has 20 heavy (non-hydrogen) atoms. The van der Waals surface area contributed by atoms with Crippen LogP contribution in [0.5, 0.6) is 0 Å². The van der Waals surface area contributed by atoms with Crippen LogP contribution in [0.15, 0.2) is 24.3 Å². The largest absolute Gasteiger partial charge is 0.336 e. The van der Waals surface area contributed by atoms with Gasteiger partial charge >= 0.3 is 0 Å². The summed E-state index contributed by atoms with van der Waals surface area (Å²) in [5.41, 5.74) is 7.38. The molecular formula is C16H27ClN2O. The number of hydrogen-bond donors (Lipinski definition) is 1. The lowest BCUT2D eigenvalue weighted by Gasteiger charge is -2.27. The fourth-order valence-electron chi connectivity index (χ4n) is 2.08. The van der Waals surface area contributed by atoms with Crippen LogP contribution in [0.4, 0.5) is 0 Å². The molecule has 0 aliphatic heterocycles. The van der Waals surface area contributed by atoms with Crippen molar-refractivity contribution in [3.63, 3.8) is 0 Å². The maximum absolute atomic E-state index is 12.5. The molecule has 1 rings (SSSR count). The quantitative estimate of drug-likeness (QED) is 0.782. The molecule has 0 unspecified atom stereocenters. The van der Waals surface area contributed by atoms with Crippen LogP contribution in [0.1, 0.15) is 56.0 Å². The summed E-state index contributed by atoms with van der Waals surface area (Å²) in [6.45, 7) is 7.66. The van der Waals surface area contributed by atoms with Gasteiger partial charge in [-0.2, -0.15) is 0 Å². The third-order valence-electron chi connectivity index (χ3n) is 3.32. The second-order valence-electron chi connectivity index (χ2n) is 5.20. The smallest absolute Gasteiger partial charge is 0.254 e. The zero-order chi connectivity index (χ0) is 14.3. The molecular weight excluding hydrogens is 272 g/mol. The van der Waals surface area contributed by atoms with Crippen LogP contribution < -0.4 is 5.73 Å². The van der Waals surface area contributed by atoms with Crippen LogP contribution in [0.2, 0.25) is 0 Å². The van der Waals surface area contributed by atoms with Gasteiger partial charge in [-0.1, -0.05) is 31.9 Å². The first-order valence-corrected chi connectivity index (χ1v) is 7.20. The van der Waals surface area contributed by atoms with E-state index in [2.05, 4.69) is 20.8 Å². The van der Waals surface area contributed by atoms with E-state index in [1.54, 1.807) is 0 Å². The van der Waals surface area contributed by atoms with Crippen molar-refractivity contribution < 1.29 is 4.79 Å². The summed E-state index contributed by atoms with van der Waals surface area (Å²) in [4.78, 5) is 14.4. The van der Waals surface area contributed by atoms with Gasteiger partial charge in [0.15, 0.2) is 0 Å². The molecule has 0 bridgehead atoms. The van der Waals surface area contributed by atoms with Gasteiger partial charge in [-0.25, -0.2) is 0 Å². The molecule has 0 aromatic heterocycles. The Morgan fingerprint density at radius 1 is 1.20 bits per heavy atom. The fourth-order valence-corrected chi connectivity index (χ4v) is 2.08. The number of nitrogens with two attached hydrogens (primary N) is 1. The third-order valence-corrected chi connectivity index (χ3v) is 3.32. The van der Waals surface area contributed by atoms with Gasteiger partial charge in [-0.05, 0) is 38.0 Å². The Kier molecular flexibility index (Phi) is 9.26. The van der Waals surface area contributed by atoms with Gasteiger partial charge in [-0.15, -0.1) is 12.4 Å². The van der Waals surface area contributed by atoms with Gasteiger partial charge in [0.1, 0.15) is 0 Å². The van der Waals surface area contributed by atoms with Gasteiger partial charge in [-0.3, -0.25) is 4.79 Å². The lowest BCUT2D eigenvalue weighted by Crippen LogP contribution is -2.37. The highest BCUT2D eigenvalue weighted by Gasteiger charge is 2.17. The number of carbonyl (C=O) groups excluding carboxylic acids is 1. The summed E-state index contributed by atoms with van der Waals surface area (Å²) < 4.78 is 0. The summed E-state index contributed by atoms with van der Waals surface area (Å²) in [6, 6.07) is 7.84. The number of halogens is 1. The first-order valence-electron chi connectivity index (χ1n) is 7.20. The number of unbranched alkanes of at least 4 members (excludes halogenated alkanes) is 2. The lowest BCUT2D eigenvalue weighted by molar-refractivity contribution is 0.0702. The van der Waals surface area contributed by atoms with Crippen molar-refractivity contribution >= 4 is 18.3 Å². The number of rotatable bonds is 7. The molecule has 4 heteroatoms. The Morgan fingerprint density at radius 2 is 1.80 bits per heavy atom. The van der Waals surface area contributed by atoms with E-state index in [1.165, 1.54) is 12.8 Å². The molecule has 3 nitrogen and oxygen atoms in total. The molecule has 0 aliphatic rings. The van der Waals surface area contributed by atoms with Crippen LogP contribution in [-0.2, 0) is 6.54 Å². The summed E-state index contributed by atoms with van der Waals surface area (Å²) in [5, 5.41) is 0. The maximum Gasteiger partial charge on any atom is 0.254 e. The molecule has 1 amide bonds. The average molecular weight is 299 g/mol. The van der Waals surface area contributed by atoms with Crippen LogP contribution in [0.3, 0.4) is 0 Å². The second-order valence-corrected chi connectivity index (χ2v) is 5.20. The Balaban J connectivity index is 0.00000361. The molecule has 0 fully saturated rings. The van der Waals surface area contributed by atoms with Crippen molar-refractivity contribution in [1.82, 2.24) is 4.90 Å². The molecule has 0 aliphatic carbocycles. The molecule has 1 aromatic carbocycles. The number of nitrogens with zero attached hydrogens (tertiary/aromatic N) is 1. The summed E-state index contributed by atoms with van der Waals surface area (Å²) in [6.07, 6.45) is 3.41. The van der Waals surface area contributed by atoms with Gasteiger partial charge in [0, 0.05) is 24.7 Å². The Bertz CT molecular complexity index is 390. The number of carbonyl (C=O) groups is 1. The van der Waals surface area contributed by atoms with Gasteiger partial charge in [0.2, 0.25) is 0 Å². The summed E-state index contributed by atoms with van der Waals surface area (Å²) >= 11 is 0. The fraction of sp³-hybridized carbons (Fsp3) is 0.562. The molecule has 0 saturated heterocycles. The van der Waals surface area contributed by atoms with Crippen molar-refractivity contribution in [3.05, 3.63) is 35.4 Å². The van der Waals surface area contributed by atoms with E-state index < -0.39 is 0 Å². The van der Waals surface area contributed by atoms with E-state index in [1.807, 2.05) is 29.2 Å². The zero-order valence-electron chi connectivity index (χ0n) is 12.8. The van der Waals surface area contributed by atoms with Gasteiger partial charge in [0.05, 0.1) is 0 Å². The molecule has 0 radical (unpaired) electrons. The van der Waals surface area contributed by atoms with Crippen molar-refractivity contribution in [2.45, 2.75) is 52.6 Å². The number of amides is 1. The van der Waals surface area contributed by atoms with Crippen molar-refractivity contribution in [2.75, 3.05) is 6.54 Å². The number of benzene rings is 1. The van der Waals surface area contributed by atoms with E-state index in [4.69, 9.17) is 5.73 Å². The third kappa shape index (κ3) is 5.51. The lowest BCUT2D eigenvalue weighted by atomic mass is 10.1. The normalized spacial score (nSPS) is 10.2. The summed E-state index contributed by atoms with van der Waals surface area (Å²) in [5.74, 6) is 0.120. The van der Waals surface area contributed by atoms with E-state index >= 15 is 0 Å². The van der Waals surface area contributed by atoms with Crippen LogP contribution in [-0.4, -0.2) is 23.4 Å². The molecule has 114 valence electrons. The van der Waals surface area contributed by atoms with Crippen molar-refractivity contribution in [3.8, 4) is 0 Å². The minimum absolute atomic E-state index is 0. The van der Waals surface area contributed by atoms with Gasteiger partial charge < -0.3 is 10.6 Å². The molecule has 0 atom stereocenters. The highest BCUT2D eigenvalue weighted by atomic mass is 35.5. The molecule has 0 saturated carbocycles. The highest BCUT2D eigenvalue weighted by Crippen LogP contribution is 2.11. The Morgan fingerprint density at radius 3 is 2.25 bits per heavy atom. The SMILES string of the molecule is CCCCCN(C(=O)c1ccc(CN)cc1)C(C)C.Cl.